The first-order valence-corrected chi connectivity index (χ1v) is 7.65. The average Bonchev–Trinajstić information content (AvgIpc) is 2.65. The first-order chi connectivity index (χ1) is 11.8. The van der Waals surface area contributed by atoms with Crippen molar-refractivity contribution in [3.05, 3.63) is 66.2 Å². The standard InChI is InChI=1S/C19H16N4O/c20-11-6-12-21-23-19(24)16-13-18(14-7-2-1-3-8-14)22-17-10-5-4-9-15(16)17/h1-5,7-10,13,21H,6,12H2,(H,23,24). The second kappa shape index (κ2) is 7.36. The van der Waals surface area contributed by atoms with Crippen molar-refractivity contribution in [3.8, 4) is 17.3 Å². The molecule has 24 heavy (non-hydrogen) atoms. The van der Waals surface area contributed by atoms with Gasteiger partial charge in [0.25, 0.3) is 5.91 Å². The van der Waals surface area contributed by atoms with E-state index in [-0.39, 0.29) is 5.91 Å². The SMILES string of the molecule is N#CCCNNC(=O)c1cc(-c2ccccc2)nc2ccccc12. The maximum atomic E-state index is 12.5. The molecule has 1 amide bonds. The Morgan fingerprint density at radius 3 is 2.62 bits per heavy atom. The molecule has 118 valence electrons. The lowest BCUT2D eigenvalue weighted by Crippen LogP contribution is -2.38. The van der Waals surface area contributed by atoms with Crippen LogP contribution in [0, 0.1) is 11.3 Å². The molecule has 2 aromatic carbocycles. The van der Waals surface area contributed by atoms with Gasteiger partial charge in [-0.05, 0) is 12.1 Å². The smallest absolute Gasteiger partial charge is 0.266 e. The molecule has 3 aromatic rings. The van der Waals surface area contributed by atoms with Gasteiger partial charge in [-0.1, -0.05) is 48.5 Å². The average molecular weight is 316 g/mol. The lowest BCUT2D eigenvalue weighted by molar-refractivity contribution is 0.0935. The van der Waals surface area contributed by atoms with Gasteiger partial charge in [0, 0.05) is 23.9 Å². The Morgan fingerprint density at radius 1 is 1.08 bits per heavy atom. The van der Waals surface area contributed by atoms with E-state index < -0.39 is 0 Å². The molecule has 2 N–H and O–H groups in total. The minimum atomic E-state index is -0.247. The van der Waals surface area contributed by atoms with E-state index in [9.17, 15) is 4.79 Å². The fourth-order valence-electron chi connectivity index (χ4n) is 2.45. The molecule has 3 rings (SSSR count). The van der Waals surface area contributed by atoms with Gasteiger partial charge >= 0.3 is 0 Å². The van der Waals surface area contributed by atoms with E-state index in [1.54, 1.807) is 6.07 Å². The van der Waals surface area contributed by atoms with Crippen LogP contribution in [0.4, 0.5) is 0 Å². The predicted molar refractivity (Wildman–Crippen MR) is 92.9 cm³/mol. The Kier molecular flexibility index (Phi) is 4.80. The minimum absolute atomic E-state index is 0.247. The van der Waals surface area contributed by atoms with E-state index in [1.165, 1.54) is 0 Å². The van der Waals surface area contributed by atoms with Crippen LogP contribution in [0.15, 0.2) is 60.7 Å². The molecule has 0 saturated carbocycles. The summed E-state index contributed by atoms with van der Waals surface area (Å²) < 4.78 is 0. The van der Waals surface area contributed by atoms with Crippen LogP contribution >= 0.6 is 0 Å². The number of aromatic nitrogens is 1. The van der Waals surface area contributed by atoms with Crippen molar-refractivity contribution in [1.29, 1.82) is 5.26 Å². The van der Waals surface area contributed by atoms with Gasteiger partial charge in [0.1, 0.15) is 0 Å². The number of nitrogens with one attached hydrogen (secondary N) is 2. The van der Waals surface area contributed by atoms with Crippen LogP contribution in [0.3, 0.4) is 0 Å². The zero-order chi connectivity index (χ0) is 16.8. The lowest BCUT2D eigenvalue weighted by Gasteiger charge is -2.11. The van der Waals surface area contributed by atoms with Crippen LogP contribution in [0.5, 0.6) is 0 Å². The molecular formula is C19H16N4O. The highest BCUT2D eigenvalue weighted by molar-refractivity contribution is 6.07. The van der Waals surface area contributed by atoms with Crippen LogP contribution in [0.2, 0.25) is 0 Å². The van der Waals surface area contributed by atoms with Crippen molar-refractivity contribution in [2.75, 3.05) is 6.54 Å². The third-order valence-corrected chi connectivity index (χ3v) is 3.59. The summed E-state index contributed by atoms with van der Waals surface area (Å²) in [6.45, 7) is 0.400. The highest BCUT2D eigenvalue weighted by Gasteiger charge is 2.13. The third kappa shape index (κ3) is 3.40. The van der Waals surface area contributed by atoms with Crippen molar-refractivity contribution >= 4 is 16.8 Å². The van der Waals surface area contributed by atoms with Gasteiger partial charge in [0.2, 0.25) is 0 Å². The molecule has 0 atom stereocenters. The Balaban J connectivity index is 1.99. The van der Waals surface area contributed by atoms with Gasteiger partial charge in [-0.15, -0.1) is 0 Å². The summed E-state index contributed by atoms with van der Waals surface area (Å²) in [5.41, 5.74) is 8.41. The van der Waals surface area contributed by atoms with Gasteiger partial charge in [-0.2, -0.15) is 5.26 Å². The number of rotatable bonds is 5. The second-order valence-electron chi connectivity index (χ2n) is 5.23. The Bertz CT molecular complexity index is 900. The van der Waals surface area contributed by atoms with Crippen LogP contribution in [-0.4, -0.2) is 17.4 Å². The normalized spacial score (nSPS) is 10.3. The Hall–Kier alpha value is -3.23. The zero-order valence-electron chi connectivity index (χ0n) is 13.0. The molecule has 0 fully saturated rings. The Morgan fingerprint density at radius 2 is 1.83 bits per heavy atom. The molecule has 0 saturated heterocycles. The molecule has 5 heteroatoms. The predicted octanol–water partition coefficient (Wildman–Crippen LogP) is 3.05. The van der Waals surface area contributed by atoms with Gasteiger partial charge in [0.05, 0.1) is 22.8 Å². The van der Waals surface area contributed by atoms with Gasteiger partial charge in [0.15, 0.2) is 0 Å². The van der Waals surface area contributed by atoms with E-state index in [1.807, 2.05) is 60.7 Å². The summed E-state index contributed by atoms with van der Waals surface area (Å²) in [4.78, 5) is 17.2. The second-order valence-corrected chi connectivity index (χ2v) is 5.23. The van der Waals surface area contributed by atoms with Crippen LogP contribution < -0.4 is 10.9 Å². The number of benzene rings is 2. The third-order valence-electron chi connectivity index (χ3n) is 3.59. The number of carbonyl (C=O) groups excluding carboxylic acids is 1. The molecule has 0 aliphatic heterocycles. The number of nitrogens with zero attached hydrogens (tertiary/aromatic N) is 2. The van der Waals surface area contributed by atoms with Crippen molar-refractivity contribution < 1.29 is 4.79 Å². The van der Waals surface area contributed by atoms with Crippen LogP contribution in [-0.2, 0) is 0 Å². The van der Waals surface area contributed by atoms with Crippen LogP contribution in [0.25, 0.3) is 22.2 Å². The molecule has 1 aromatic heterocycles. The highest BCUT2D eigenvalue weighted by Crippen LogP contribution is 2.24. The molecular weight excluding hydrogens is 300 g/mol. The topological polar surface area (TPSA) is 77.8 Å². The number of hydrogen-bond donors (Lipinski definition) is 2. The van der Waals surface area contributed by atoms with E-state index >= 15 is 0 Å². The summed E-state index contributed by atoms with van der Waals surface area (Å²) >= 11 is 0. The van der Waals surface area contributed by atoms with Gasteiger partial charge < -0.3 is 0 Å². The molecule has 5 nitrogen and oxygen atoms in total. The number of para-hydroxylation sites is 1. The molecule has 1 heterocycles. The van der Waals surface area contributed by atoms with Crippen molar-refractivity contribution in [2.24, 2.45) is 0 Å². The molecule has 0 aliphatic carbocycles. The van der Waals surface area contributed by atoms with Crippen molar-refractivity contribution in [1.82, 2.24) is 15.8 Å². The number of fused-ring (bicyclic) bond motifs is 1. The monoisotopic (exact) mass is 316 g/mol. The number of nitriles is 1. The quantitative estimate of drug-likeness (QED) is 0.560. The first kappa shape index (κ1) is 15.7. The summed E-state index contributed by atoms with van der Waals surface area (Å²) in [6, 6.07) is 21.1. The number of hydrazine groups is 1. The summed E-state index contributed by atoms with van der Waals surface area (Å²) in [5, 5.41) is 9.33. The molecule has 0 radical (unpaired) electrons. The summed E-state index contributed by atoms with van der Waals surface area (Å²) in [7, 11) is 0. The molecule has 0 spiro atoms. The number of amides is 1. The highest BCUT2D eigenvalue weighted by atomic mass is 16.2. The van der Waals surface area contributed by atoms with Gasteiger partial charge in [-0.3, -0.25) is 10.2 Å². The van der Waals surface area contributed by atoms with Crippen LogP contribution in [0.1, 0.15) is 16.8 Å². The fourth-order valence-corrected chi connectivity index (χ4v) is 2.45. The van der Waals surface area contributed by atoms with Crippen molar-refractivity contribution in [2.45, 2.75) is 6.42 Å². The summed E-state index contributed by atoms with van der Waals surface area (Å²) in [6.07, 6.45) is 0.326. The number of carbonyl (C=O) groups is 1. The van der Waals surface area contributed by atoms with E-state index in [2.05, 4.69) is 15.8 Å². The Labute approximate surface area is 139 Å². The summed E-state index contributed by atoms with van der Waals surface area (Å²) in [5.74, 6) is -0.247. The fraction of sp³-hybridized carbons (Fsp3) is 0.105. The largest absolute Gasteiger partial charge is 0.287 e. The van der Waals surface area contributed by atoms with Crippen molar-refractivity contribution in [3.63, 3.8) is 0 Å². The molecule has 0 aliphatic rings. The zero-order valence-corrected chi connectivity index (χ0v) is 13.0. The maximum Gasteiger partial charge on any atom is 0.266 e. The van der Waals surface area contributed by atoms with Gasteiger partial charge in [-0.25, -0.2) is 10.4 Å². The molecule has 0 unspecified atom stereocenters. The maximum absolute atomic E-state index is 12.5. The number of pyridine rings is 1. The molecule has 0 bridgehead atoms. The minimum Gasteiger partial charge on any atom is -0.287 e. The first-order valence-electron chi connectivity index (χ1n) is 7.65. The van der Waals surface area contributed by atoms with E-state index in [0.29, 0.717) is 18.5 Å². The number of hydrogen-bond acceptors (Lipinski definition) is 4. The van der Waals surface area contributed by atoms with E-state index in [4.69, 9.17) is 5.26 Å². The lowest BCUT2D eigenvalue weighted by atomic mass is 10.0. The van der Waals surface area contributed by atoms with E-state index in [0.717, 1.165) is 22.2 Å².